The van der Waals surface area contributed by atoms with Crippen LogP contribution in [-0.2, 0) is 13.1 Å². The molecule has 0 fully saturated rings. The van der Waals surface area contributed by atoms with Gasteiger partial charge in [0.25, 0.3) is 0 Å². The Morgan fingerprint density at radius 2 is 1.50 bits per heavy atom. The van der Waals surface area contributed by atoms with Crippen LogP contribution in [0.15, 0.2) is 72.9 Å². The van der Waals surface area contributed by atoms with Crippen LogP contribution in [-0.4, -0.2) is 15.9 Å². The third kappa shape index (κ3) is 5.97. The molecule has 0 aromatic heterocycles. The monoisotopic (exact) mass is 324 g/mol. The molecule has 0 aliphatic heterocycles. The van der Waals surface area contributed by atoms with Gasteiger partial charge in [0.1, 0.15) is 0 Å². The lowest BCUT2D eigenvalue weighted by Crippen LogP contribution is -2.33. The highest BCUT2D eigenvalue weighted by Crippen LogP contribution is 2.17. The van der Waals surface area contributed by atoms with Crippen molar-refractivity contribution in [1.82, 2.24) is 4.90 Å². The second-order valence-electron chi connectivity index (χ2n) is 5.86. The molecule has 0 aliphatic rings. The summed E-state index contributed by atoms with van der Waals surface area (Å²) >= 11 is 0. The highest BCUT2D eigenvalue weighted by atomic mass is 16.6. The Hall–Kier alpha value is -2.46. The minimum Gasteiger partial charge on any atom is -0.288 e. The lowest BCUT2D eigenvalue weighted by atomic mass is 10.1. The zero-order valence-corrected chi connectivity index (χ0v) is 14.0. The maximum atomic E-state index is 10.7. The average Bonchev–Trinajstić information content (AvgIpc) is 2.60. The zero-order chi connectivity index (χ0) is 17.2. The van der Waals surface area contributed by atoms with Crippen molar-refractivity contribution < 1.29 is 4.92 Å². The fourth-order valence-corrected chi connectivity index (χ4v) is 2.79. The van der Waals surface area contributed by atoms with Gasteiger partial charge in [0.15, 0.2) is 0 Å². The van der Waals surface area contributed by atoms with Gasteiger partial charge in [0.05, 0.1) is 4.92 Å². The summed E-state index contributed by atoms with van der Waals surface area (Å²) < 4.78 is 0. The molecule has 2 aromatic rings. The van der Waals surface area contributed by atoms with Crippen LogP contribution in [0, 0.1) is 10.1 Å². The molecule has 0 heterocycles. The van der Waals surface area contributed by atoms with Crippen LogP contribution in [0.4, 0.5) is 0 Å². The summed E-state index contributed by atoms with van der Waals surface area (Å²) in [5.74, 6) is 0. The Morgan fingerprint density at radius 1 is 1.00 bits per heavy atom. The molecule has 0 saturated heterocycles. The summed E-state index contributed by atoms with van der Waals surface area (Å²) in [6.45, 7) is 3.64. The predicted octanol–water partition coefficient (Wildman–Crippen LogP) is 4.65. The second-order valence-corrected chi connectivity index (χ2v) is 5.86. The van der Waals surface area contributed by atoms with Gasteiger partial charge in [-0.05, 0) is 17.5 Å². The van der Waals surface area contributed by atoms with E-state index >= 15 is 0 Å². The molecule has 2 rings (SSSR count). The highest BCUT2D eigenvalue weighted by Gasteiger charge is 2.17. The van der Waals surface area contributed by atoms with E-state index in [4.69, 9.17) is 0 Å². The van der Waals surface area contributed by atoms with Gasteiger partial charge in [0.2, 0.25) is 6.20 Å². The van der Waals surface area contributed by atoms with Crippen LogP contribution in [0.25, 0.3) is 0 Å². The van der Waals surface area contributed by atoms with Crippen LogP contribution in [0.5, 0.6) is 0 Å². The van der Waals surface area contributed by atoms with E-state index in [2.05, 4.69) is 36.1 Å². The van der Waals surface area contributed by atoms with Gasteiger partial charge in [-0.1, -0.05) is 74.0 Å². The van der Waals surface area contributed by atoms with E-state index in [-0.39, 0.29) is 11.0 Å². The average molecular weight is 324 g/mol. The number of nitro groups is 1. The Labute approximate surface area is 143 Å². The van der Waals surface area contributed by atoms with Gasteiger partial charge in [-0.25, -0.2) is 0 Å². The molecular formula is C20H24N2O2. The first kappa shape index (κ1) is 17.9. The van der Waals surface area contributed by atoms with E-state index in [0.29, 0.717) is 0 Å². The molecule has 1 atom stereocenters. The fourth-order valence-electron chi connectivity index (χ4n) is 2.79. The van der Waals surface area contributed by atoms with Crippen molar-refractivity contribution in [2.24, 2.45) is 0 Å². The SMILES string of the molecule is CCC[C@H](/C=C/[N+](=O)[O-])N(Cc1ccccc1)Cc1ccccc1. The Balaban J connectivity index is 2.22. The second kappa shape index (κ2) is 9.63. The highest BCUT2D eigenvalue weighted by molar-refractivity contribution is 5.18. The molecule has 2 aromatic carbocycles. The van der Waals surface area contributed by atoms with E-state index in [9.17, 15) is 10.1 Å². The minimum atomic E-state index is -0.383. The van der Waals surface area contributed by atoms with Crippen molar-refractivity contribution in [1.29, 1.82) is 0 Å². The minimum absolute atomic E-state index is 0.0424. The first-order chi connectivity index (χ1) is 11.7. The van der Waals surface area contributed by atoms with E-state index in [1.165, 1.54) is 11.1 Å². The summed E-state index contributed by atoms with van der Waals surface area (Å²) in [6.07, 6.45) is 4.66. The molecule has 0 amide bonds. The van der Waals surface area contributed by atoms with Crippen LogP contribution in [0.2, 0.25) is 0 Å². The maximum absolute atomic E-state index is 10.7. The van der Waals surface area contributed by atoms with Crippen LogP contribution < -0.4 is 0 Å². The summed E-state index contributed by atoms with van der Waals surface area (Å²) in [5, 5.41) is 10.7. The van der Waals surface area contributed by atoms with Crippen LogP contribution >= 0.6 is 0 Å². The summed E-state index contributed by atoms with van der Waals surface area (Å²) in [7, 11) is 0. The van der Waals surface area contributed by atoms with Gasteiger partial charge in [-0.3, -0.25) is 15.0 Å². The fraction of sp³-hybridized carbons (Fsp3) is 0.300. The molecule has 0 unspecified atom stereocenters. The molecular weight excluding hydrogens is 300 g/mol. The number of benzene rings is 2. The number of nitrogens with zero attached hydrogens (tertiary/aromatic N) is 2. The van der Waals surface area contributed by atoms with E-state index in [1.54, 1.807) is 6.08 Å². The van der Waals surface area contributed by atoms with Gasteiger partial charge in [-0.15, -0.1) is 0 Å². The lowest BCUT2D eigenvalue weighted by molar-refractivity contribution is -0.402. The van der Waals surface area contributed by atoms with Gasteiger partial charge >= 0.3 is 0 Å². The third-order valence-electron chi connectivity index (χ3n) is 3.94. The number of hydrogen-bond donors (Lipinski definition) is 0. The van der Waals surface area contributed by atoms with Gasteiger partial charge in [0, 0.05) is 25.2 Å². The first-order valence-electron chi connectivity index (χ1n) is 8.32. The first-order valence-corrected chi connectivity index (χ1v) is 8.32. The van der Waals surface area contributed by atoms with Crippen molar-refractivity contribution in [3.8, 4) is 0 Å². The standard InChI is InChI=1S/C20H24N2O2/c1-2-9-20(14-15-22(23)24)21(16-18-10-5-3-6-11-18)17-19-12-7-4-8-13-19/h3-8,10-15,20H,2,9,16-17H2,1H3/b15-14+/t20-/m1/s1. The van der Waals surface area contributed by atoms with Crippen molar-refractivity contribution >= 4 is 0 Å². The van der Waals surface area contributed by atoms with Crippen LogP contribution in [0.3, 0.4) is 0 Å². The smallest absolute Gasteiger partial charge is 0.232 e. The molecule has 4 heteroatoms. The Kier molecular flexibility index (Phi) is 7.18. The molecule has 24 heavy (non-hydrogen) atoms. The summed E-state index contributed by atoms with van der Waals surface area (Å²) in [4.78, 5) is 12.7. The van der Waals surface area contributed by atoms with Crippen molar-refractivity contribution in [3.05, 3.63) is 94.2 Å². The molecule has 0 saturated carbocycles. The quantitative estimate of drug-likeness (QED) is 0.498. The van der Waals surface area contributed by atoms with E-state index < -0.39 is 0 Å². The maximum Gasteiger partial charge on any atom is 0.232 e. The van der Waals surface area contributed by atoms with Crippen LogP contribution in [0.1, 0.15) is 30.9 Å². The lowest BCUT2D eigenvalue weighted by Gasteiger charge is -2.29. The normalized spacial score (nSPS) is 12.6. The zero-order valence-electron chi connectivity index (χ0n) is 14.0. The molecule has 0 bridgehead atoms. The third-order valence-corrected chi connectivity index (χ3v) is 3.94. The Morgan fingerprint density at radius 3 is 1.92 bits per heavy atom. The summed E-state index contributed by atoms with van der Waals surface area (Å²) in [6, 6.07) is 20.5. The molecule has 126 valence electrons. The van der Waals surface area contributed by atoms with Gasteiger partial charge in [-0.2, -0.15) is 0 Å². The Bertz CT molecular complexity index is 600. The molecule has 0 spiro atoms. The molecule has 0 radical (unpaired) electrons. The van der Waals surface area contributed by atoms with Crippen molar-refractivity contribution in [2.75, 3.05) is 0 Å². The van der Waals surface area contributed by atoms with E-state index in [0.717, 1.165) is 32.1 Å². The number of rotatable bonds is 9. The number of hydrogen-bond acceptors (Lipinski definition) is 3. The van der Waals surface area contributed by atoms with E-state index in [1.807, 2.05) is 36.4 Å². The largest absolute Gasteiger partial charge is 0.288 e. The molecule has 0 aliphatic carbocycles. The van der Waals surface area contributed by atoms with Crippen molar-refractivity contribution in [3.63, 3.8) is 0 Å². The predicted molar refractivity (Wildman–Crippen MR) is 97.0 cm³/mol. The summed E-state index contributed by atoms with van der Waals surface area (Å²) in [5.41, 5.74) is 2.42. The van der Waals surface area contributed by atoms with Gasteiger partial charge < -0.3 is 0 Å². The van der Waals surface area contributed by atoms with Crippen molar-refractivity contribution in [2.45, 2.75) is 38.9 Å². The molecule has 0 N–H and O–H groups in total. The topological polar surface area (TPSA) is 46.4 Å². The molecule has 4 nitrogen and oxygen atoms in total.